The van der Waals surface area contributed by atoms with Crippen LogP contribution in [0, 0.1) is 13.8 Å². The van der Waals surface area contributed by atoms with Gasteiger partial charge in [-0.15, -0.1) is 0 Å². The van der Waals surface area contributed by atoms with Crippen LogP contribution in [0.15, 0.2) is 34.8 Å². The van der Waals surface area contributed by atoms with E-state index in [0.717, 1.165) is 32.8 Å². The number of hydrogen-bond donors (Lipinski definition) is 2. The summed E-state index contributed by atoms with van der Waals surface area (Å²) in [4.78, 5) is 12.4. The fraction of sp³-hybridized carbons (Fsp3) is 0.188. The van der Waals surface area contributed by atoms with Gasteiger partial charge in [0, 0.05) is 17.1 Å². The van der Waals surface area contributed by atoms with E-state index in [9.17, 15) is 4.79 Å². The number of aromatic nitrogens is 4. The molecule has 0 spiro atoms. The van der Waals surface area contributed by atoms with Crippen molar-refractivity contribution in [2.75, 3.05) is 5.32 Å². The van der Waals surface area contributed by atoms with E-state index < -0.39 is 0 Å². The number of anilines is 1. The molecule has 0 aliphatic carbocycles. The van der Waals surface area contributed by atoms with Crippen LogP contribution in [0.4, 0.5) is 5.69 Å². The van der Waals surface area contributed by atoms with E-state index in [4.69, 9.17) is 0 Å². The predicted octanol–water partition coefficient (Wildman–Crippen LogP) is 3.44. The molecule has 0 aliphatic heterocycles. The zero-order valence-corrected chi connectivity index (χ0v) is 14.6. The molecule has 2 aromatic heterocycles. The summed E-state index contributed by atoms with van der Waals surface area (Å²) in [6, 6.07) is 9.49. The van der Waals surface area contributed by atoms with Gasteiger partial charge in [0.25, 0.3) is 5.91 Å². The molecule has 3 aromatic rings. The second-order valence-electron chi connectivity index (χ2n) is 5.30. The standard InChI is InChI=1S/C16H16BrN5O/c1-9-15(10(2)22(3)21-9)18-16(23)14-8-13(19-20-14)11-4-6-12(17)7-5-11/h4-8H,1-3H3,(H,18,23)(H,19,20). The van der Waals surface area contributed by atoms with E-state index in [1.165, 1.54) is 0 Å². The van der Waals surface area contributed by atoms with Crippen molar-refractivity contribution in [1.29, 1.82) is 0 Å². The highest BCUT2D eigenvalue weighted by atomic mass is 79.9. The third kappa shape index (κ3) is 3.05. The first kappa shape index (κ1) is 15.5. The van der Waals surface area contributed by atoms with Crippen LogP contribution >= 0.6 is 15.9 Å². The number of nitrogens with one attached hydrogen (secondary N) is 2. The number of benzene rings is 1. The van der Waals surface area contributed by atoms with Gasteiger partial charge < -0.3 is 5.32 Å². The number of aromatic amines is 1. The quantitative estimate of drug-likeness (QED) is 0.738. The van der Waals surface area contributed by atoms with Gasteiger partial charge in [0.15, 0.2) is 0 Å². The molecule has 0 saturated carbocycles. The lowest BCUT2D eigenvalue weighted by molar-refractivity contribution is 0.102. The van der Waals surface area contributed by atoms with Gasteiger partial charge in [-0.3, -0.25) is 14.6 Å². The number of hydrogen-bond acceptors (Lipinski definition) is 3. The Balaban J connectivity index is 1.82. The molecule has 0 bridgehead atoms. The minimum absolute atomic E-state index is 0.236. The first-order valence-corrected chi connectivity index (χ1v) is 7.88. The summed E-state index contributed by atoms with van der Waals surface area (Å²) >= 11 is 3.40. The van der Waals surface area contributed by atoms with E-state index in [0.29, 0.717) is 5.69 Å². The molecule has 118 valence electrons. The Kier molecular flexibility index (Phi) is 4.04. The van der Waals surface area contributed by atoms with Crippen LogP contribution in [-0.4, -0.2) is 25.9 Å². The third-order valence-electron chi connectivity index (χ3n) is 3.71. The van der Waals surface area contributed by atoms with Crippen molar-refractivity contribution in [1.82, 2.24) is 20.0 Å². The maximum atomic E-state index is 12.4. The molecule has 1 aromatic carbocycles. The molecule has 23 heavy (non-hydrogen) atoms. The second-order valence-corrected chi connectivity index (χ2v) is 6.21. The average molecular weight is 374 g/mol. The van der Waals surface area contributed by atoms with E-state index in [2.05, 4.69) is 36.5 Å². The molecule has 0 unspecified atom stereocenters. The Labute approximate surface area is 142 Å². The van der Waals surface area contributed by atoms with Crippen molar-refractivity contribution in [3.05, 3.63) is 51.9 Å². The lowest BCUT2D eigenvalue weighted by atomic mass is 10.1. The highest BCUT2D eigenvalue weighted by molar-refractivity contribution is 9.10. The summed E-state index contributed by atoms with van der Waals surface area (Å²) < 4.78 is 2.74. The molecule has 6 nitrogen and oxygen atoms in total. The van der Waals surface area contributed by atoms with Gasteiger partial charge in [-0.25, -0.2) is 0 Å². The zero-order chi connectivity index (χ0) is 16.6. The Hall–Kier alpha value is -2.41. The van der Waals surface area contributed by atoms with Crippen LogP contribution in [-0.2, 0) is 7.05 Å². The lowest BCUT2D eigenvalue weighted by Gasteiger charge is -2.03. The molecule has 0 aliphatic rings. The van der Waals surface area contributed by atoms with Crippen LogP contribution in [0.1, 0.15) is 21.9 Å². The molecule has 0 saturated heterocycles. The number of nitrogens with zero attached hydrogens (tertiary/aromatic N) is 3. The number of rotatable bonds is 3. The number of aryl methyl sites for hydroxylation is 2. The molecular weight excluding hydrogens is 358 g/mol. The number of amides is 1. The molecule has 1 amide bonds. The highest BCUT2D eigenvalue weighted by Gasteiger charge is 2.16. The van der Waals surface area contributed by atoms with Crippen LogP contribution in [0.25, 0.3) is 11.3 Å². The highest BCUT2D eigenvalue weighted by Crippen LogP contribution is 2.22. The minimum atomic E-state index is -0.236. The fourth-order valence-corrected chi connectivity index (χ4v) is 2.61. The van der Waals surface area contributed by atoms with Crippen molar-refractivity contribution in [2.45, 2.75) is 13.8 Å². The Morgan fingerprint density at radius 1 is 1.26 bits per heavy atom. The normalized spacial score (nSPS) is 10.8. The van der Waals surface area contributed by atoms with Crippen molar-refractivity contribution < 1.29 is 4.79 Å². The monoisotopic (exact) mass is 373 g/mol. The van der Waals surface area contributed by atoms with E-state index in [-0.39, 0.29) is 5.91 Å². The van der Waals surface area contributed by atoms with Crippen molar-refractivity contribution >= 4 is 27.5 Å². The van der Waals surface area contributed by atoms with Gasteiger partial charge in [0.1, 0.15) is 5.69 Å². The maximum absolute atomic E-state index is 12.4. The summed E-state index contributed by atoms with van der Waals surface area (Å²) in [7, 11) is 1.85. The minimum Gasteiger partial charge on any atom is -0.318 e. The van der Waals surface area contributed by atoms with E-state index >= 15 is 0 Å². The summed E-state index contributed by atoms with van der Waals surface area (Å²) in [6.45, 7) is 3.78. The van der Waals surface area contributed by atoms with Crippen LogP contribution in [0.5, 0.6) is 0 Å². The van der Waals surface area contributed by atoms with Crippen molar-refractivity contribution in [3.8, 4) is 11.3 Å². The van der Waals surface area contributed by atoms with Gasteiger partial charge in [0.2, 0.25) is 0 Å². The molecule has 0 fully saturated rings. The summed E-state index contributed by atoms with van der Waals surface area (Å²) in [5.41, 5.74) is 4.50. The van der Waals surface area contributed by atoms with Gasteiger partial charge in [0.05, 0.1) is 22.8 Å². The Morgan fingerprint density at radius 2 is 1.96 bits per heavy atom. The first-order valence-electron chi connectivity index (χ1n) is 7.08. The van der Waals surface area contributed by atoms with Gasteiger partial charge in [-0.05, 0) is 32.0 Å². The average Bonchev–Trinajstić information content (AvgIpc) is 3.09. The molecule has 0 radical (unpaired) electrons. The van der Waals surface area contributed by atoms with Gasteiger partial charge in [-0.2, -0.15) is 10.2 Å². The van der Waals surface area contributed by atoms with Crippen LogP contribution in [0.3, 0.4) is 0 Å². The number of halogens is 1. The SMILES string of the molecule is Cc1nn(C)c(C)c1NC(=O)c1cc(-c2ccc(Br)cc2)n[nH]1. The molecule has 2 N–H and O–H groups in total. The fourth-order valence-electron chi connectivity index (χ4n) is 2.34. The topological polar surface area (TPSA) is 75.6 Å². The van der Waals surface area contributed by atoms with Crippen molar-refractivity contribution in [2.24, 2.45) is 7.05 Å². The zero-order valence-electron chi connectivity index (χ0n) is 13.0. The lowest BCUT2D eigenvalue weighted by Crippen LogP contribution is -2.13. The number of carbonyl (C=O) groups excluding carboxylic acids is 1. The summed E-state index contributed by atoms with van der Waals surface area (Å²) in [6.07, 6.45) is 0. The van der Waals surface area contributed by atoms with E-state index in [1.54, 1.807) is 10.7 Å². The largest absolute Gasteiger partial charge is 0.318 e. The molecule has 0 atom stereocenters. The Bertz CT molecular complexity index is 863. The van der Waals surface area contributed by atoms with E-state index in [1.807, 2.05) is 45.2 Å². The molecule has 3 rings (SSSR count). The third-order valence-corrected chi connectivity index (χ3v) is 4.24. The van der Waals surface area contributed by atoms with Gasteiger partial charge in [-0.1, -0.05) is 28.1 Å². The molecule has 7 heteroatoms. The first-order chi connectivity index (χ1) is 11.0. The van der Waals surface area contributed by atoms with Crippen LogP contribution in [0.2, 0.25) is 0 Å². The number of H-pyrrole nitrogens is 1. The predicted molar refractivity (Wildman–Crippen MR) is 92.4 cm³/mol. The molecule has 2 heterocycles. The smallest absolute Gasteiger partial charge is 0.273 e. The maximum Gasteiger partial charge on any atom is 0.273 e. The second kappa shape index (κ2) is 6.00. The Morgan fingerprint density at radius 3 is 2.57 bits per heavy atom. The van der Waals surface area contributed by atoms with Crippen LogP contribution < -0.4 is 5.32 Å². The number of carbonyl (C=O) groups is 1. The molecular formula is C16H16BrN5O. The summed E-state index contributed by atoms with van der Waals surface area (Å²) in [5, 5.41) is 14.2. The summed E-state index contributed by atoms with van der Waals surface area (Å²) in [5.74, 6) is -0.236. The van der Waals surface area contributed by atoms with Gasteiger partial charge >= 0.3 is 0 Å². The van der Waals surface area contributed by atoms with Crippen molar-refractivity contribution in [3.63, 3.8) is 0 Å².